The average Bonchev–Trinajstić information content (AvgIpc) is 2.34. The van der Waals surface area contributed by atoms with Crippen molar-refractivity contribution in [2.45, 2.75) is 13.8 Å². The van der Waals surface area contributed by atoms with Gasteiger partial charge >= 0.3 is 5.97 Å². The fourth-order valence-electron chi connectivity index (χ4n) is 1.84. The molecular weight excluding hydrogens is 288 g/mol. The van der Waals surface area contributed by atoms with Crippen LogP contribution in [-0.4, -0.2) is 5.97 Å². The van der Waals surface area contributed by atoms with Crippen LogP contribution in [0, 0.1) is 30.2 Å². The van der Waals surface area contributed by atoms with Crippen LogP contribution >= 0.6 is 0 Å². The molecule has 0 saturated heterocycles. The molecular formula is C15H10F4O2. The van der Waals surface area contributed by atoms with Crippen LogP contribution in [0.4, 0.5) is 17.6 Å². The highest BCUT2D eigenvalue weighted by molar-refractivity contribution is 5.71. The molecule has 0 amide bonds. The van der Waals surface area contributed by atoms with Crippen molar-refractivity contribution in [2.75, 3.05) is 0 Å². The molecule has 2 rings (SSSR count). The smallest absolute Gasteiger partial charge is 0.308 e. The zero-order chi connectivity index (χ0) is 15.7. The van der Waals surface area contributed by atoms with E-state index in [0.717, 1.165) is 31.2 Å². The Bertz CT molecular complexity index is 680. The Morgan fingerprint density at radius 2 is 1.38 bits per heavy atom. The maximum Gasteiger partial charge on any atom is 0.308 e. The van der Waals surface area contributed by atoms with Crippen LogP contribution in [-0.2, 0) is 4.79 Å². The summed E-state index contributed by atoms with van der Waals surface area (Å²) in [6, 6.07) is 3.22. The Morgan fingerprint density at radius 1 is 0.905 bits per heavy atom. The molecule has 0 radical (unpaired) electrons. The zero-order valence-electron chi connectivity index (χ0n) is 11.1. The lowest BCUT2D eigenvalue weighted by molar-refractivity contribution is -0.131. The van der Waals surface area contributed by atoms with Crippen molar-refractivity contribution in [3.05, 3.63) is 53.1 Å². The molecule has 0 atom stereocenters. The third kappa shape index (κ3) is 3.04. The lowest BCUT2D eigenvalue weighted by Crippen LogP contribution is -2.03. The second-order valence-corrected chi connectivity index (χ2v) is 4.42. The van der Waals surface area contributed by atoms with E-state index in [9.17, 15) is 22.4 Å². The van der Waals surface area contributed by atoms with Gasteiger partial charge in [0.1, 0.15) is 29.0 Å². The molecule has 110 valence electrons. The molecule has 2 aromatic rings. The number of carbonyl (C=O) groups excluding carboxylic acids is 1. The summed E-state index contributed by atoms with van der Waals surface area (Å²) >= 11 is 0. The number of hydrogen-bond acceptors (Lipinski definition) is 2. The summed E-state index contributed by atoms with van der Waals surface area (Å²) in [6.45, 7) is 2.29. The molecule has 6 heteroatoms. The summed E-state index contributed by atoms with van der Waals surface area (Å²) in [5, 5.41) is 0. The lowest BCUT2D eigenvalue weighted by atomic mass is 10.0. The molecule has 0 unspecified atom stereocenters. The largest absolute Gasteiger partial charge is 0.427 e. The molecule has 0 N–H and O–H groups in total. The highest BCUT2D eigenvalue weighted by atomic mass is 19.1. The van der Waals surface area contributed by atoms with Gasteiger partial charge in [-0.05, 0) is 24.6 Å². The highest BCUT2D eigenvalue weighted by Crippen LogP contribution is 2.31. The number of benzene rings is 2. The monoisotopic (exact) mass is 298 g/mol. The SMILES string of the molecule is CC(=O)Oc1cc(F)c(-c2cc(F)c(C)c(F)c2)c(F)c1. The number of rotatable bonds is 2. The van der Waals surface area contributed by atoms with Gasteiger partial charge in [0.25, 0.3) is 0 Å². The van der Waals surface area contributed by atoms with Crippen LogP contribution < -0.4 is 4.74 Å². The molecule has 21 heavy (non-hydrogen) atoms. The van der Waals surface area contributed by atoms with Crippen LogP contribution in [0.5, 0.6) is 5.75 Å². The predicted molar refractivity (Wildman–Crippen MR) is 67.8 cm³/mol. The minimum Gasteiger partial charge on any atom is -0.427 e. The first-order valence-electron chi connectivity index (χ1n) is 5.93. The maximum atomic E-state index is 13.9. The van der Waals surface area contributed by atoms with Gasteiger partial charge in [-0.25, -0.2) is 17.6 Å². The first-order valence-corrected chi connectivity index (χ1v) is 5.93. The summed E-state index contributed by atoms with van der Waals surface area (Å²) in [7, 11) is 0. The standard InChI is InChI=1S/C15H10F4O2/c1-7-11(16)3-9(4-12(7)17)15-13(18)5-10(6-14(15)19)21-8(2)20/h3-6H,1-2H3. The summed E-state index contributed by atoms with van der Waals surface area (Å²) < 4.78 is 59.4. The van der Waals surface area contributed by atoms with Crippen molar-refractivity contribution in [3.8, 4) is 16.9 Å². The van der Waals surface area contributed by atoms with Crippen LogP contribution in [0.3, 0.4) is 0 Å². The summed E-state index contributed by atoms with van der Waals surface area (Å²) in [4.78, 5) is 10.8. The molecule has 0 fully saturated rings. The summed E-state index contributed by atoms with van der Waals surface area (Å²) in [5.41, 5.74) is -1.11. The molecule has 2 nitrogen and oxygen atoms in total. The molecule has 0 aromatic heterocycles. The van der Waals surface area contributed by atoms with Gasteiger partial charge in [0, 0.05) is 24.6 Å². The topological polar surface area (TPSA) is 26.3 Å². The van der Waals surface area contributed by atoms with Crippen molar-refractivity contribution >= 4 is 5.97 Å². The quantitative estimate of drug-likeness (QED) is 0.473. The van der Waals surface area contributed by atoms with Crippen LogP contribution in [0.2, 0.25) is 0 Å². The van der Waals surface area contributed by atoms with Gasteiger partial charge in [0.2, 0.25) is 0 Å². The lowest BCUT2D eigenvalue weighted by Gasteiger charge is -2.09. The average molecular weight is 298 g/mol. The first kappa shape index (κ1) is 15.0. The van der Waals surface area contributed by atoms with E-state index in [1.165, 1.54) is 6.92 Å². The first-order chi connectivity index (χ1) is 9.79. The number of halogens is 4. The molecule has 0 heterocycles. The molecule has 2 aromatic carbocycles. The van der Waals surface area contributed by atoms with Crippen LogP contribution in [0.15, 0.2) is 24.3 Å². The van der Waals surface area contributed by atoms with E-state index in [0.29, 0.717) is 0 Å². The van der Waals surface area contributed by atoms with Gasteiger partial charge in [0.15, 0.2) is 0 Å². The summed E-state index contributed by atoms with van der Waals surface area (Å²) in [6.07, 6.45) is 0. The normalized spacial score (nSPS) is 10.6. The van der Waals surface area contributed by atoms with E-state index >= 15 is 0 Å². The van der Waals surface area contributed by atoms with Crippen LogP contribution in [0.1, 0.15) is 12.5 Å². The van der Waals surface area contributed by atoms with Crippen LogP contribution in [0.25, 0.3) is 11.1 Å². The molecule has 0 aliphatic carbocycles. The Balaban J connectivity index is 2.57. The number of ether oxygens (including phenoxy) is 1. The molecule has 0 aliphatic rings. The van der Waals surface area contributed by atoms with Crippen molar-refractivity contribution in [2.24, 2.45) is 0 Å². The van der Waals surface area contributed by atoms with E-state index in [1.807, 2.05) is 0 Å². The van der Waals surface area contributed by atoms with Crippen molar-refractivity contribution < 1.29 is 27.1 Å². The fraction of sp³-hybridized carbons (Fsp3) is 0.133. The Morgan fingerprint density at radius 3 is 1.81 bits per heavy atom. The fourth-order valence-corrected chi connectivity index (χ4v) is 1.84. The van der Waals surface area contributed by atoms with E-state index in [-0.39, 0.29) is 16.9 Å². The van der Waals surface area contributed by atoms with Gasteiger partial charge in [0.05, 0.1) is 5.56 Å². The second-order valence-electron chi connectivity index (χ2n) is 4.42. The Hall–Kier alpha value is -2.37. The number of carbonyl (C=O) groups is 1. The van der Waals surface area contributed by atoms with Gasteiger partial charge < -0.3 is 4.74 Å². The molecule has 0 spiro atoms. The molecule has 0 saturated carbocycles. The van der Waals surface area contributed by atoms with Crippen molar-refractivity contribution in [3.63, 3.8) is 0 Å². The molecule has 0 bridgehead atoms. The number of hydrogen-bond donors (Lipinski definition) is 0. The predicted octanol–water partition coefficient (Wildman–Crippen LogP) is 4.14. The van der Waals surface area contributed by atoms with Crippen molar-refractivity contribution in [1.29, 1.82) is 0 Å². The van der Waals surface area contributed by atoms with Crippen molar-refractivity contribution in [1.82, 2.24) is 0 Å². The third-order valence-electron chi connectivity index (χ3n) is 2.85. The highest BCUT2D eigenvalue weighted by Gasteiger charge is 2.17. The zero-order valence-corrected chi connectivity index (χ0v) is 11.1. The minimum absolute atomic E-state index is 0.240. The Kier molecular flexibility index (Phi) is 3.97. The Labute approximate surface area is 118 Å². The maximum absolute atomic E-state index is 13.9. The number of esters is 1. The van der Waals surface area contributed by atoms with E-state index in [4.69, 9.17) is 0 Å². The van der Waals surface area contributed by atoms with Gasteiger partial charge in [-0.2, -0.15) is 0 Å². The van der Waals surface area contributed by atoms with Gasteiger partial charge in [-0.3, -0.25) is 4.79 Å². The van der Waals surface area contributed by atoms with Gasteiger partial charge in [-0.15, -0.1) is 0 Å². The van der Waals surface area contributed by atoms with E-state index in [1.54, 1.807) is 0 Å². The second kappa shape index (κ2) is 5.55. The molecule has 0 aliphatic heterocycles. The van der Waals surface area contributed by atoms with E-state index < -0.39 is 34.8 Å². The summed E-state index contributed by atoms with van der Waals surface area (Å²) in [5.74, 6) is -5.06. The van der Waals surface area contributed by atoms with Gasteiger partial charge in [-0.1, -0.05) is 0 Å². The minimum atomic E-state index is -1.09. The third-order valence-corrected chi connectivity index (χ3v) is 2.85. The van der Waals surface area contributed by atoms with E-state index in [2.05, 4.69) is 4.74 Å².